The number of carbonyl (C=O) groups is 3. The third-order valence-corrected chi connectivity index (χ3v) is 3.52. The van der Waals surface area contributed by atoms with E-state index in [-0.39, 0.29) is 18.4 Å². The van der Waals surface area contributed by atoms with Crippen LogP contribution in [0.1, 0.15) is 26.2 Å². The summed E-state index contributed by atoms with van der Waals surface area (Å²) < 4.78 is 0. The lowest BCUT2D eigenvalue weighted by atomic mass is 9.97. The van der Waals surface area contributed by atoms with Gasteiger partial charge in [-0.25, -0.2) is 4.79 Å². The lowest BCUT2D eigenvalue weighted by Crippen LogP contribution is -2.63. The van der Waals surface area contributed by atoms with Crippen molar-refractivity contribution in [3.63, 3.8) is 0 Å². The van der Waals surface area contributed by atoms with E-state index in [1.807, 2.05) is 0 Å². The molecule has 0 aliphatic carbocycles. The van der Waals surface area contributed by atoms with Gasteiger partial charge in [0.25, 0.3) is 0 Å². The Morgan fingerprint density at radius 1 is 1.41 bits per heavy atom. The van der Waals surface area contributed by atoms with Gasteiger partial charge in [0, 0.05) is 6.54 Å². The van der Waals surface area contributed by atoms with Crippen molar-refractivity contribution in [3.05, 3.63) is 0 Å². The number of piperazine rings is 1. The first kappa shape index (κ1) is 11.9. The molecule has 0 spiro atoms. The summed E-state index contributed by atoms with van der Waals surface area (Å²) in [5.41, 5.74) is 0. The molecule has 0 aromatic rings. The Balaban J connectivity index is 2.19. The van der Waals surface area contributed by atoms with Gasteiger partial charge in [-0.1, -0.05) is 0 Å². The van der Waals surface area contributed by atoms with Crippen LogP contribution in [-0.2, 0) is 14.4 Å². The number of carbonyl (C=O) groups excluding carboxylic acids is 2. The highest BCUT2D eigenvalue weighted by Crippen LogP contribution is 2.24. The van der Waals surface area contributed by atoms with E-state index < -0.39 is 18.1 Å². The number of nitrogens with zero attached hydrogens (tertiary/aromatic N) is 2. The molecule has 17 heavy (non-hydrogen) atoms. The molecule has 2 aliphatic rings. The van der Waals surface area contributed by atoms with Gasteiger partial charge in [-0.05, 0) is 26.2 Å². The van der Waals surface area contributed by atoms with Crippen molar-refractivity contribution in [2.45, 2.75) is 38.3 Å². The smallest absolute Gasteiger partial charge is 0.326 e. The Morgan fingerprint density at radius 2 is 2.12 bits per heavy atom. The van der Waals surface area contributed by atoms with Crippen molar-refractivity contribution >= 4 is 17.8 Å². The number of carboxylic acids is 1. The van der Waals surface area contributed by atoms with E-state index in [1.54, 1.807) is 4.90 Å². The SMILES string of the molecule is CC(C(=O)O)N1CC(=O)N2CCCCC2C1=O. The van der Waals surface area contributed by atoms with Crippen LogP contribution in [0.2, 0.25) is 0 Å². The van der Waals surface area contributed by atoms with Crippen LogP contribution in [0.4, 0.5) is 0 Å². The summed E-state index contributed by atoms with van der Waals surface area (Å²) >= 11 is 0. The molecular formula is C11H16N2O4. The molecule has 0 radical (unpaired) electrons. The van der Waals surface area contributed by atoms with Gasteiger partial charge in [0.05, 0.1) is 0 Å². The van der Waals surface area contributed by atoms with Gasteiger partial charge in [-0.3, -0.25) is 9.59 Å². The first-order chi connectivity index (χ1) is 8.02. The summed E-state index contributed by atoms with van der Waals surface area (Å²) in [6.45, 7) is 1.94. The molecule has 0 bridgehead atoms. The standard InChI is InChI=1S/C11H16N2O4/c1-7(11(16)17)13-6-9(14)12-5-3-2-4-8(12)10(13)15/h7-8H,2-6H2,1H3,(H,16,17). The quantitative estimate of drug-likeness (QED) is 0.717. The number of hydrogen-bond donors (Lipinski definition) is 1. The Kier molecular flexibility index (Phi) is 3.04. The topological polar surface area (TPSA) is 77.9 Å². The predicted octanol–water partition coefficient (Wildman–Crippen LogP) is -0.317. The minimum absolute atomic E-state index is 0.108. The Bertz CT molecular complexity index is 368. The van der Waals surface area contributed by atoms with Crippen molar-refractivity contribution in [1.29, 1.82) is 0 Å². The first-order valence-electron chi connectivity index (χ1n) is 5.85. The fourth-order valence-corrected chi connectivity index (χ4v) is 2.45. The molecule has 1 N–H and O–H groups in total. The highest BCUT2D eigenvalue weighted by Gasteiger charge is 2.43. The Morgan fingerprint density at radius 3 is 2.76 bits per heavy atom. The number of amides is 2. The predicted molar refractivity (Wildman–Crippen MR) is 58.2 cm³/mol. The molecule has 2 unspecified atom stereocenters. The molecule has 2 saturated heterocycles. The van der Waals surface area contributed by atoms with Crippen LogP contribution in [0.5, 0.6) is 0 Å². The summed E-state index contributed by atoms with van der Waals surface area (Å²) in [5.74, 6) is -1.43. The van der Waals surface area contributed by atoms with Crippen molar-refractivity contribution in [2.75, 3.05) is 13.1 Å². The van der Waals surface area contributed by atoms with E-state index in [0.29, 0.717) is 13.0 Å². The fraction of sp³-hybridized carbons (Fsp3) is 0.727. The van der Waals surface area contributed by atoms with Crippen LogP contribution in [0, 0.1) is 0 Å². The second kappa shape index (κ2) is 4.35. The van der Waals surface area contributed by atoms with Crippen molar-refractivity contribution in [1.82, 2.24) is 9.80 Å². The molecule has 2 amide bonds. The maximum Gasteiger partial charge on any atom is 0.326 e. The maximum absolute atomic E-state index is 12.1. The lowest BCUT2D eigenvalue weighted by Gasteiger charge is -2.43. The summed E-state index contributed by atoms with van der Waals surface area (Å²) in [5, 5.41) is 8.92. The maximum atomic E-state index is 12.1. The normalized spacial score (nSPS) is 26.8. The van der Waals surface area contributed by atoms with Crippen molar-refractivity contribution in [2.24, 2.45) is 0 Å². The second-order valence-corrected chi connectivity index (χ2v) is 4.58. The number of fused-ring (bicyclic) bond motifs is 1. The molecule has 0 saturated carbocycles. The highest BCUT2D eigenvalue weighted by molar-refractivity contribution is 5.97. The van der Waals surface area contributed by atoms with E-state index in [9.17, 15) is 14.4 Å². The van der Waals surface area contributed by atoms with Gasteiger partial charge in [-0.2, -0.15) is 0 Å². The number of hydrogen-bond acceptors (Lipinski definition) is 3. The van der Waals surface area contributed by atoms with Gasteiger partial charge in [0.15, 0.2) is 0 Å². The minimum atomic E-state index is -1.07. The molecule has 2 rings (SSSR count). The first-order valence-corrected chi connectivity index (χ1v) is 5.85. The van der Waals surface area contributed by atoms with Gasteiger partial charge in [-0.15, -0.1) is 0 Å². The average Bonchev–Trinajstić information content (AvgIpc) is 2.33. The van der Waals surface area contributed by atoms with Crippen LogP contribution in [-0.4, -0.2) is 57.9 Å². The number of aliphatic carboxylic acids is 1. The summed E-state index contributed by atoms with van der Waals surface area (Å²) in [4.78, 5) is 37.6. The largest absolute Gasteiger partial charge is 0.480 e. The summed E-state index contributed by atoms with van der Waals surface area (Å²) in [6, 6.07) is -1.37. The molecule has 94 valence electrons. The van der Waals surface area contributed by atoms with E-state index in [2.05, 4.69) is 0 Å². The van der Waals surface area contributed by atoms with E-state index >= 15 is 0 Å². The third-order valence-electron chi connectivity index (χ3n) is 3.52. The number of carboxylic acid groups (broad SMARTS) is 1. The fourth-order valence-electron chi connectivity index (χ4n) is 2.45. The van der Waals surface area contributed by atoms with Crippen LogP contribution in [0.15, 0.2) is 0 Å². The molecule has 0 aromatic carbocycles. The lowest BCUT2D eigenvalue weighted by molar-refractivity contribution is -0.164. The molecule has 2 aliphatic heterocycles. The second-order valence-electron chi connectivity index (χ2n) is 4.58. The molecule has 2 fully saturated rings. The zero-order valence-corrected chi connectivity index (χ0v) is 9.76. The molecule has 2 heterocycles. The molecule has 2 atom stereocenters. The molecule has 6 heteroatoms. The van der Waals surface area contributed by atoms with Crippen LogP contribution in [0.25, 0.3) is 0 Å². The Labute approximate surface area is 99.2 Å². The van der Waals surface area contributed by atoms with Crippen LogP contribution in [0.3, 0.4) is 0 Å². The van der Waals surface area contributed by atoms with Gasteiger partial charge >= 0.3 is 5.97 Å². The number of rotatable bonds is 2. The third kappa shape index (κ3) is 1.99. The monoisotopic (exact) mass is 240 g/mol. The van der Waals surface area contributed by atoms with Gasteiger partial charge in [0.1, 0.15) is 18.6 Å². The van der Waals surface area contributed by atoms with Crippen LogP contribution >= 0.6 is 0 Å². The van der Waals surface area contributed by atoms with Gasteiger partial charge in [0.2, 0.25) is 11.8 Å². The summed E-state index contributed by atoms with van der Waals surface area (Å²) in [6.07, 6.45) is 2.48. The van der Waals surface area contributed by atoms with Crippen molar-refractivity contribution in [3.8, 4) is 0 Å². The number of piperidine rings is 1. The summed E-state index contributed by atoms with van der Waals surface area (Å²) in [7, 11) is 0. The van der Waals surface area contributed by atoms with E-state index in [0.717, 1.165) is 12.8 Å². The molecular weight excluding hydrogens is 224 g/mol. The molecule has 6 nitrogen and oxygen atoms in total. The average molecular weight is 240 g/mol. The zero-order valence-electron chi connectivity index (χ0n) is 9.76. The van der Waals surface area contributed by atoms with E-state index in [1.165, 1.54) is 11.8 Å². The van der Waals surface area contributed by atoms with Crippen LogP contribution < -0.4 is 0 Å². The molecule has 0 aromatic heterocycles. The zero-order chi connectivity index (χ0) is 12.6. The van der Waals surface area contributed by atoms with E-state index in [4.69, 9.17) is 5.11 Å². The van der Waals surface area contributed by atoms with Crippen molar-refractivity contribution < 1.29 is 19.5 Å². The Hall–Kier alpha value is -1.59. The highest BCUT2D eigenvalue weighted by atomic mass is 16.4. The van der Waals surface area contributed by atoms with Gasteiger partial charge < -0.3 is 14.9 Å². The minimum Gasteiger partial charge on any atom is -0.480 e.